The third-order valence-corrected chi connectivity index (χ3v) is 4.30. The molecule has 3 rings (SSSR count). The van der Waals surface area contributed by atoms with Crippen LogP contribution in [0.15, 0.2) is 24.3 Å². The highest BCUT2D eigenvalue weighted by Gasteiger charge is 2.21. The third kappa shape index (κ3) is 2.05. The van der Waals surface area contributed by atoms with E-state index in [1.807, 2.05) is 18.2 Å². The summed E-state index contributed by atoms with van der Waals surface area (Å²) in [6.45, 7) is 1.84. The highest BCUT2D eigenvalue weighted by molar-refractivity contribution is 7.22. The zero-order valence-corrected chi connectivity index (χ0v) is 10.3. The fraction of sp³-hybridized carbons (Fsp3) is 0.385. The number of nitrogens with zero attached hydrogens (tertiary/aromatic N) is 2. The number of rotatable bonds is 2. The molecular formula is C13H14N2OS. The Hall–Kier alpha value is -1.42. The van der Waals surface area contributed by atoms with E-state index in [0.717, 1.165) is 42.9 Å². The molecule has 0 saturated carbocycles. The fourth-order valence-electron chi connectivity index (χ4n) is 2.29. The van der Waals surface area contributed by atoms with E-state index < -0.39 is 0 Å². The van der Waals surface area contributed by atoms with E-state index in [4.69, 9.17) is 0 Å². The summed E-state index contributed by atoms with van der Waals surface area (Å²) in [6.07, 6.45) is 3.18. The molecule has 1 aromatic heterocycles. The number of carbonyl (C=O) groups excluding carboxylic acids is 1. The van der Waals surface area contributed by atoms with Crippen molar-refractivity contribution in [3.63, 3.8) is 0 Å². The lowest BCUT2D eigenvalue weighted by atomic mass is 10.0. The molecule has 0 N–H and O–H groups in total. The van der Waals surface area contributed by atoms with Crippen LogP contribution in [0.1, 0.15) is 12.8 Å². The van der Waals surface area contributed by atoms with Gasteiger partial charge in [0.25, 0.3) is 0 Å². The Morgan fingerprint density at radius 3 is 3.12 bits per heavy atom. The van der Waals surface area contributed by atoms with Gasteiger partial charge in [-0.05, 0) is 25.0 Å². The second-order valence-corrected chi connectivity index (χ2v) is 5.46. The van der Waals surface area contributed by atoms with Gasteiger partial charge in [-0.2, -0.15) is 0 Å². The van der Waals surface area contributed by atoms with Crippen LogP contribution < -0.4 is 4.90 Å². The van der Waals surface area contributed by atoms with Crippen molar-refractivity contribution in [2.45, 2.75) is 12.8 Å². The van der Waals surface area contributed by atoms with E-state index in [2.05, 4.69) is 16.0 Å². The largest absolute Gasteiger partial charge is 0.347 e. The van der Waals surface area contributed by atoms with Gasteiger partial charge in [0.2, 0.25) is 0 Å². The van der Waals surface area contributed by atoms with Crippen LogP contribution in [0.5, 0.6) is 0 Å². The van der Waals surface area contributed by atoms with E-state index >= 15 is 0 Å². The summed E-state index contributed by atoms with van der Waals surface area (Å²) >= 11 is 1.72. The minimum absolute atomic E-state index is 0.177. The predicted octanol–water partition coefficient (Wildman–Crippen LogP) is 2.71. The molecule has 1 atom stereocenters. The smallest absolute Gasteiger partial charge is 0.186 e. The van der Waals surface area contributed by atoms with Crippen LogP contribution in [-0.2, 0) is 4.79 Å². The first-order valence-electron chi connectivity index (χ1n) is 5.92. The van der Waals surface area contributed by atoms with Crippen LogP contribution in [0.2, 0.25) is 0 Å². The number of benzene rings is 1. The molecule has 1 aliphatic heterocycles. The molecule has 1 unspecified atom stereocenters. The van der Waals surface area contributed by atoms with Gasteiger partial charge in [0.15, 0.2) is 5.13 Å². The SMILES string of the molecule is O=CC1CCCN(c2nc3ccccc3s2)C1. The summed E-state index contributed by atoms with van der Waals surface area (Å²) in [7, 11) is 0. The summed E-state index contributed by atoms with van der Waals surface area (Å²) < 4.78 is 1.22. The molecule has 0 radical (unpaired) electrons. The first-order chi connectivity index (χ1) is 8.36. The molecule has 1 aromatic carbocycles. The molecule has 1 saturated heterocycles. The lowest BCUT2D eigenvalue weighted by Crippen LogP contribution is -2.35. The molecule has 17 heavy (non-hydrogen) atoms. The van der Waals surface area contributed by atoms with E-state index in [0.29, 0.717) is 0 Å². The minimum Gasteiger partial charge on any atom is -0.347 e. The van der Waals surface area contributed by atoms with Gasteiger partial charge in [-0.3, -0.25) is 0 Å². The van der Waals surface area contributed by atoms with Gasteiger partial charge in [0, 0.05) is 19.0 Å². The maximum absolute atomic E-state index is 10.9. The average molecular weight is 246 g/mol. The molecular weight excluding hydrogens is 232 g/mol. The minimum atomic E-state index is 0.177. The van der Waals surface area contributed by atoms with Gasteiger partial charge in [-0.25, -0.2) is 4.98 Å². The van der Waals surface area contributed by atoms with Crippen molar-refractivity contribution in [1.82, 2.24) is 4.98 Å². The molecule has 0 spiro atoms. The molecule has 2 aromatic rings. The number of aromatic nitrogens is 1. The van der Waals surface area contributed by atoms with Crippen LogP contribution in [0.4, 0.5) is 5.13 Å². The zero-order valence-electron chi connectivity index (χ0n) is 9.50. The summed E-state index contributed by atoms with van der Waals surface area (Å²) in [6, 6.07) is 8.18. The first kappa shape index (κ1) is 10.7. The molecule has 1 aliphatic rings. The maximum atomic E-state index is 10.9. The standard InChI is InChI=1S/C13H14N2OS/c16-9-10-4-3-7-15(8-10)13-14-11-5-1-2-6-12(11)17-13/h1-2,5-6,9-10H,3-4,7-8H2. The molecule has 0 bridgehead atoms. The Kier molecular flexibility index (Phi) is 2.81. The average Bonchev–Trinajstić information content (AvgIpc) is 2.82. The van der Waals surface area contributed by atoms with E-state index in [9.17, 15) is 4.79 Å². The monoisotopic (exact) mass is 246 g/mol. The second kappa shape index (κ2) is 4.45. The molecule has 2 heterocycles. The Morgan fingerprint density at radius 1 is 1.41 bits per heavy atom. The van der Waals surface area contributed by atoms with E-state index in [-0.39, 0.29) is 5.92 Å². The van der Waals surface area contributed by atoms with Crippen LogP contribution in [-0.4, -0.2) is 24.4 Å². The van der Waals surface area contributed by atoms with Crippen molar-refractivity contribution in [3.05, 3.63) is 24.3 Å². The number of anilines is 1. The lowest BCUT2D eigenvalue weighted by Gasteiger charge is -2.29. The summed E-state index contributed by atoms with van der Waals surface area (Å²) in [5.74, 6) is 0.177. The number of fused-ring (bicyclic) bond motifs is 1. The summed E-state index contributed by atoms with van der Waals surface area (Å²) in [5, 5.41) is 1.05. The number of para-hydroxylation sites is 1. The number of aldehydes is 1. The first-order valence-corrected chi connectivity index (χ1v) is 6.74. The van der Waals surface area contributed by atoms with Crippen LogP contribution in [0, 0.1) is 5.92 Å². The van der Waals surface area contributed by atoms with Crippen molar-refractivity contribution >= 4 is 33.0 Å². The number of thiazole rings is 1. The number of hydrogen-bond acceptors (Lipinski definition) is 4. The van der Waals surface area contributed by atoms with Gasteiger partial charge < -0.3 is 9.69 Å². The van der Waals surface area contributed by atoms with Crippen LogP contribution >= 0.6 is 11.3 Å². The van der Waals surface area contributed by atoms with Gasteiger partial charge >= 0.3 is 0 Å². The summed E-state index contributed by atoms with van der Waals surface area (Å²) in [4.78, 5) is 17.7. The number of carbonyl (C=O) groups is 1. The predicted molar refractivity (Wildman–Crippen MR) is 70.6 cm³/mol. The summed E-state index contributed by atoms with van der Waals surface area (Å²) in [5.41, 5.74) is 1.06. The number of piperidine rings is 1. The Balaban J connectivity index is 1.90. The molecule has 0 aliphatic carbocycles. The maximum Gasteiger partial charge on any atom is 0.186 e. The Bertz CT molecular complexity index is 504. The van der Waals surface area contributed by atoms with E-state index in [1.165, 1.54) is 4.70 Å². The van der Waals surface area contributed by atoms with Gasteiger partial charge in [-0.15, -0.1) is 0 Å². The van der Waals surface area contributed by atoms with Gasteiger partial charge in [0.1, 0.15) is 6.29 Å². The highest BCUT2D eigenvalue weighted by atomic mass is 32.1. The van der Waals surface area contributed by atoms with Crippen molar-refractivity contribution in [2.75, 3.05) is 18.0 Å². The lowest BCUT2D eigenvalue weighted by molar-refractivity contribution is -0.111. The molecule has 1 fully saturated rings. The van der Waals surface area contributed by atoms with E-state index in [1.54, 1.807) is 11.3 Å². The van der Waals surface area contributed by atoms with Gasteiger partial charge in [-0.1, -0.05) is 23.5 Å². The molecule has 88 valence electrons. The quantitative estimate of drug-likeness (QED) is 0.764. The van der Waals surface area contributed by atoms with Crippen molar-refractivity contribution in [2.24, 2.45) is 5.92 Å². The van der Waals surface area contributed by atoms with Crippen molar-refractivity contribution in [1.29, 1.82) is 0 Å². The van der Waals surface area contributed by atoms with Gasteiger partial charge in [0.05, 0.1) is 10.2 Å². The second-order valence-electron chi connectivity index (χ2n) is 4.45. The van der Waals surface area contributed by atoms with Crippen LogP contribution in [0.3, 0.4) is 0 Å². The van der Waals surface area contributed by atoms with Crippen molar-refractivity contribution < 1.29 is 4.79 Å². The molecule has 3 nitrogen and oxygen atoms in total. The third-order valence-electron chi connectivity index (χ3n) is 3.20. The fourth-order valence-corrected chi connectivity index (χ4v) is 3.29. The van der Waals surface area contributed by atoms with Crippen molar-refractivity contribution in [3.8, 4) is 0 Å². The zero-order chi connectivity index (χ0) is 11.7. The highest BCUT2D eigenvalue weighted by Crippen LogP contribution is 2.30. The van der Waals surface area contributed by atoms with Crippen LogP contribution in [0.25, 0.3) is 10.2 Å². The number of hydrogen-bond donors (Lipinski definition) is 0. The molecule has 0 amide bonds. The normalized spacial score (nSPS) is 20.7. The Labute approximate surface area is 104 Å². The molecule has 4 heteroatoms. The topological polar surface area (TPSA) is 33.2 Å². The Morgan fingerprint density at radius 2 is 2.29 bits per heavy atom.